The number of aryl methyl sites for hydroxylation is 1. The quantitative estimate of drug-likeness (QED) is 0.428. The third-order valence-corrected chi connectivity index (χ3v) is 6.75. The fourth-order valence-electron chi connectivity index (χ4n) is 4.28. The number of nitrogens with one attached hydrogen (secondary N) is 1. The highest BCUT2D eigenvalue weighted by Gasteiger charge is 2.31. The van der Waals surface area contributed by atoms with Crippen molar-refractivity contribution in [3.8, 4) is 22.6 Å². The molecule has 3 aromatic rings. The van der Waals surface area contributed by atoms with E-state index in [2.05, 4.69) is 5.32 Å². The average molecular weight is 498 g/mol. The first kappa shape index (κ1) is 25.1. The van der Waals surface area contributed by atoms with Crippen molar-refractivity contribution in [2.45, 2.75) is 44.8 Å². The van der Waals surface area contributed by atoms with Crippen LogP contribution >= 0.6 is 11.8 Å². The number of carbonyl (C=O) groups excluding carboxylic acids is 1. The molecule has 7 nitrogen and oxygen atoms in total. The number of thioether (sulfide) groups is 1. The second-order valence-corrected chi connectivity index (χ2v) is 10.3. The van der Waals surface area contributed by atoms with E-state index in [0.717, 1.165) is 23.3 Å². The number of carbonyl (C=O) groups is 1. The van der Waals surface area contributed by atoms with Gasteiger partial charge < -0.3 is 24.3 Å². The van der Waals surface area contributed by atoms with E-state index in [9.17, 15) is 14.7 Å². The molecule has 1 aromatic heterocycles. The third kappa shape index (κ3) is 5.82. The van der Waals surface area contributed by atoms with E-state index in [0.29, 0.717) is 40.9 Å². The van der Waals surface area contributed by atoms with Gasteiger partial charge in [-0.2, -0.15) is 11.8 Å². The van der Waals surface area contributed by atoms with Gasteiger partial charge in [-0.05, 0) is 50.7 Å². The molecule has 0 unspecified atom stereocenters. The molecule has 186 valence electrons. The van der Waals surface area contributed by atoms with Gasteiger partial charge in [-0.25, -0.2) is 4.79 Å². The van der Waals surface area contributed by atoms with Crippen molar-refractivity contribution < 1.29 is 23.8 Å². The molecular formula is C27H31NO6S. The van der Waals surface area contributed by atoms with Crippen LogP contribution in [0.1, 0.15) is 32.3 Å². The molecule has 0 radical (unpaired) electrons. The molecule has 35 heavy (non-hydrogen) atoms. The second-order valence-electron chi connectivity index (χ2n) is 9.28. The first-order chi connectivity index (χ1) is 16.8. The Morgan fingerprint density at radius 2 is 2.03 bits per heavy atom. The summed E-state index contributed by atoms with van der Waals surface area (Å²) in [7, 11) is 0. The number of amides is 1. The van der Waals surface area contributed by atoms with Crippen molar-refractivity contribution in [2.75, 3.05) is 25.2 Å². The lowest BCUT2D eigenvalue weighted by molar-refractivity contribution is -0.124. The van der Waals surface area contributed by atoms with Crippen molar-refractivity contribution in [2.24, 2.45) is 0 Å². The SMILES string of the molecule is CSCC[C@@H](CO)NC(=O)COc1cc2c(c3oc(=O)cc(-c4ccccc4)c13)CCC(C)(C)O2. The summed E-state index contributed by atoms with van der Waals surface area (Å²) in [5.41, 5.74) is 1.93. The van der Waals surface area contributed by atoms with Gasteiger partial charge in [-0.3, -0.25) is 4.79 Å². The van der Waals surface area contributed by atoms with E-state index in [1.54, 1.807) is 17.8 Å². The number of hydrogen-bond acceptors (Lipinski definition) is 7. The first-order valence-corrected chi connectivity index (χ1v) is 13.1. The topological polar surface area (TPSA) is 98.0 Å². The van der Waals surface area contributed by atoms with E-state index < -0.39 is 5.63 Å². The highest BCUT2D eigenvalue weighted by Crippen LogP contribution is 2.44. The van der Waals surface area contributed by atoms with Crippen LogP contribution in [-0.2, 0) is 11.2 Å². The van der Waals surface area contributed by atoms with Gasteiger partial charge in [0.25, 0.3) is 5.91 Å². The maximum absolute atomic E-state index is 12.6. The summed E-state index contributed by atoms with van der Waals surface area (Å²) in [6.45, 7) is 3.63. The summed E-state index contributed by atoms with van der Waals surface area (Å²) in [4.78, 5) is 25.2. The van der Waals surface area contributed by atoms with Crippen molar-refractivity contribution in [1.82, 2.24) is 5.32 Å². The Kier molecular flexibility index (Phi) is 7.72. The molecule has 1 amide bonds. The summed E-state index contributed by atoms with van der Waals surface area (Å²) in [6, 6.07) is 12.5. The molecule has 2 N–H and O–H groups in total. The summed E-state index contributed by atoms with van der Waals surface area (Å²) >= 11 is 1.65. The lowest BCUT2D eigenvalue weighted by Gasteiger charge is -2.33. The van der Waals surface area contributed by atoms with Gasteiger partial charge >= 0.3 is 5.63 Å². The van der Waals surface area contributed by atoms with E-state index in [4.69, 9.17) is 13.9 Å². The maximum Gasteiger partial charge on any atom is 0.336 e. The minimum absolute atomic E-state index is 0.139. The van der Waals surface area contributed by atoms with Crippen LogP contribution in [-0.4, -0.2) is 47.9 Å². The van der Waals surface area contributed by atoms with Crippen LogP contribution in [0.25, 0.3) is 22.1 Å². The molecule has 2 heterocycles. The van der Waals surface area contributed by atoms with Crippen LogP contribution in [0.15, 0.2) is 51.7 Å². The molecule has 0 fully saturated rings. The zero-order valence-corrected chi connectivity index (χ0v) is 21.1. The summed E-state index contributed by atoms with van der Waals surface area (Å²) < 4.78 is 17.9. The van der Waals surface area contributed by atoms with Crippen LogP contribution < -0.4 is 20.4 Å². The van der Waals surface area contributed by atoms with Gasteiger partial charge in [-0.15, -0.1) is 0 Å². The van der Waals surface area contributed by atoms with Crippen LogP contribution in [0.2, 0.25) is 0 Å². The predicted octanol–water partition coefficient (Wildman–Crippen LogP) is 4.17. The normalized spacial score (nSPS) is 15.2. The Morgan fingerprint density at radius 1 is 1.26 bits per heavy atom. The third-order valence-electron chi connectivity index (χ3n) is 6.10. The molecule has 2 aromatic carbocycles. The van der Waals surface area contributed by atoms with Gasteiger partial charge in [0.15, 0.2) is 6.61 Å². The van der Waals surface area contributed by atoms with E-state index in [1.807, 2.05) is 50.4 Å². The monoisotopic (exact) mass is 497 g/mol. The zero-order valence-electron chi connectivity index (χ0n) is 20.3. The Morgan fingerprint density at radius 3 is 2.74 bits per heavy atom. The summed E-state index contributed by atoms with van der Waals surface area (Å²) in [6.07, 6.45) is 4.11. The lowest BCUT2D eigenvalue weighted by Crippen LogP contribution is -2.40. The standard InChI is InChI=1S/C27H31NO6S/c1-27(2)11-9-19-21(34-27)14-22(32-16-23(30)28-18(15-29)10-12-35-3)25-20(13-24(31)33-26(19)25)17-7-5-4-6-8-17/h4-8,13-14,18,29H,9-12,15-16H2,1-3H3,(H,28,30)/t18-/m0/s1. The Hall–Kier alpha value is -2.97. The van der Waals surface area contributed by atoms with Gasteiger partial charge in [0.2, 0.25) is 0 Å². The number of aliphatic hydroxyl groups is 1. The molecule has 0 saturated heterocycles. The molecular weight excluding hydrogens is 466 g/mol. The van der Waals surface area contributed by atoms with Crippen LogP contribution in [0.3, 0.4) is 0 Å². The smallest absolute Gasteiger partial charge is 0.336 e. The van der Waals surface area contributed by atoms with Crippen molar-refractivity contribution >= 4 is 28.6 Å². The van der Waals surface area contributed by atoms with Crippen molar-refractivity contribution in [1.29, 1.82) is 0 Å². The molecule has 1 atom stereocenters. The molecule has 1 aliphatic heterocycles. The predicted molar refractivity (Wildman–Crippen MR) is 138 cm³/mol. The average Bonchev–Trinajstić information content (AvgIpc) is 2.84. The van der Waals surface area contributed by atoms with Crippen LogP contribution in [0, 0.1) is 0 Å². The fraction of sp³-hybridized carbons (Fsp3) is 0.407. The Bertz CT molecular complexity index is 1250. The molecule has 0 saturated carbocycles. The number of aliphatic hydroxyl groups excluding tert-OH is 1. The van der Waals surface area contributed by atoms with Crippen molar-refractivity contribution in [3.05, 3.63) is 58.4 Å². The maximum atomic E-state index is 12.6. The van der Waals surface area contributed by atoms with Crippen LogP contribution in [0.5, 0.6) is 11.5 Å². The Balaban J connectivity index is 1.75. The number of ether oxygens (including phenoxy) is 2. The molecule has 0 spiro atoms. The molecule has 8 heteroatoms. The van der Waals surface area contributed by atoms with E-state index in [1.165, 1.54) is 6.07 Å². The molecule has 0 aliphatic carbocycles. The second kappa shape index (κ2) is 10.7. The van der Waals surface area contributed by atoms with Gasteiger partial charge in [0, 0.05) is 23.3 Å². The Labute approximate surface area is 208 Å². The summed E-state index contributed by atoms with van der Waals surface area (Å²) in [5, 5.41) is 13.0. The van der Waals surface area contributed by atoms with Gasteiger partial charge in [0.1, 0.15) is 22.7 Å². The van der Waals surface area contributed by atoms with Gasteiger partial charge in [-0.1, -0.05) is 30.3 Å². The lowest BCUT2D eigenvalue weighted by atomic mass is 9.91. The highest BCUT2D eigenvalue weighted by molar-refractivity contribution is 7.98. The minimum atomic E-state index is -0.460. The van der Waals surface area contributed by atoms with Crippen LogP contribution in [0.4, 0.5) is 0 Å². The van der Waals surface area contributed by atoms with E-state index in [-0.39, 0.29) is 30.8 Å². The molecule has 1 aliphatic rings. The van der Waals surface area contributed by atoms with Gasteiger partial charge in [0.05, 0.1) is 18.0 Å². The molecule has 4 rings (SSSR count). The summed E-state index contributed by atoms with van der Waals surface area (Å²) in [5.74, 6) is 1.48. The van der Waals surface area contributed by atoms with E-state index >= 15 is 0 Å². The number of rotatable bonds is 9. The zero-order chi connectivity index (χ0) is 25.0. The fourth-order valence-corrected chi connectivity index (χ4v) is 4.80. The first-order valence-electron chi connectivity index (χ1n) is 11.7. The van der Waals surface area contributed by atoms with Crippen molar-refractivity contribution in [3.63, 3.8) is 0 Å². The number of fused-ring (bicyclic) bond motifs is 3. The largest absolute Gasteiger partial charge is 0.487 e. The number of benzene rings is 2. The number of hydrogen-bond donors (Lipinski definition) is 2. The molecule has 0 bridgehead atoms. The highest BCUT2D eigenvalue weighted by atomic mass is 32.2. The minimum Gasteiger partial charge on any atom is -0.487 e.